The molecule has 0 saturated heterocycles. The van der Waals surface area contributed by atoms with Crippen LogP contribution in [0.4, 0.5) is 0 Å². The van der Waals surface area contributed by atoms with Crippen LogP contribution in [0.15, 0.2) is 48.5 Å². The molecule has 2 aromatic carbocycles. The minimum absolute atomic E-state index is 0.105. The highest BCUT2D eigenvalue weighted by atomic mass is 35.5. The number of ether oxygens (including phenoxy) is 1. The minimum Gasteiger partial charge on any atom is -0.481 e. The van der Waals surface area contributed by atoms with Gasteiger partial charge in [0.1, 0.15) is 5.75 Å². The van der Waals surface area contributed by atoms with Gasteiger partial charge in [0.25, 0.3) is 5.91 Å². The zero-order chi connectivity index (χ0) is 17.4. The van der Waals surface area contributed by atoms with E-state index in [9.17, 15) is 4.79 Å². The summed E-state index contributed by atoms with van der Waals surface area (Å²) in [4.78, 5) is 12.2. The molecule has 2 aromatic rings. The zero-order valence-corrected chi connectivity index (χ0v) is 15.1. The summed E-state index contributed by atoms with van der Waals surface area (Å²) in [7, 11) is 0. The first-order chi connectivity index (χ1) is 11.6. The lowest BCUT2D eigenvalue weighted by Gasteiger charge is -2.17. The number of rotatable bonds is 8. The van der Waals surface area contributed by atoms with Gasteiger partial charge >= 0.3 is 0 Å². The highest BCUT2D eigenvalue weighted by Gasteiger charge is 2.17. The molecule has 5 heteroatoms. The fourth-order valence-electron chi connectivity index (χ4n) is 2.31. The number of halogens is 2. The second kappa shape index (κ2) is 9.55. The molecule has 0 radical (unpaired) electrons. The standard InChI is InChI=1S/C19H21Cl2NO2/c1-2-18(24-16-11-9-15(20)10-12-16)19(23)22-13-5-7-14-6-3-4-8-17(14)21/h3-4,6,8-12,18H,2,5,7,13H2,1H3,(H,22,23)/t18-/m0/s1. The maximum Gasteiger partial charge on any atom is 0.261 e. The second-order valence-electron chi connectivity index (χ2n) is 5.45. The fourth-order valence-corrected chi connectivity index (χ4v) is 2.66. The van der Waals surface area contributed by atoms with Crippen molar-refractivity contribution in [3.8, 4) is 5.75 Å². The van der Waals surface area contributed by atoms with E-state index in [1.54, 1.807) is 24.3 Å². The quantitative estimate of drug-likeness (QED) is 0.675. The summed E-state index contributed by atoms with van der Waals surface area (Å²) in [6, 6.07) is 14.8. The Morgan fingerprint density at radius 1 is 1.12 bits per heavy atom. The number of amides is 1. The molecule has 0 heterocycles. The lowest BCUT2D eigenvalue weighted by molar-refractivity contribution is -0.128. The molecule has 2 rings (SSSR count). The number of hydrogen-bond acceptors (Lipinski definition) is 2. The Morgan fingerprint density at radius 3 is 2.50 bits per heavy atom. The third-order valence-electron chi connectivity index (χ3n) is 3.64. The molecule has 0 aromatic heterocycles. The maximum atomic E-state index is 12.2. The van der Waals surface area contributed by atoms with E-state index in [1.165, 1.54) is 0 Å². The zero-order valence-electron chi connectivity index (χ0n) is 13.6. The summed E-state index contributed by atoms with van der Waals surface area (Å²) >= 11 is 12.0. The third-order valence-corrected chi connectivity index (χ3v) is 4.26. The Bertz CT molecular complexity index is 659. The van der Waals surface area contributed by atoms with Crippen molar-refractivity contribution in [2.24, 2.45) is 0 Å². The predicted molar refractivity (Wildman–Crippen MR) is 98.9 cm³/mol. The number of carbonyl (C=O) groups excluding carboxylic acids is 1. The van der Waals surface area contributed by atoms with E-state index in [4.69, 9.17) is 27.9 Å². The molecule has 1 N–H and O–H groups in total. The second-order valence-corrected chi connectivity index (χ2v) is 6.30. The predicted octanol–water partition coefficient (Wildman–Crippen LogP) is 4.90. The molecule has 24 heavy (non-hydrogen) atoms. The summed E-state index contributed by atoms with van der Waals surface area (Å²) in [5.41, 5.74) is 1.10. The number of carbonyl (C=O) groups is 1. The van der Waals surface area contributed by atoms with Crippen molar-refractivity contribution in [1.82, 2.24) is 5.32 Å². The van der Waals surface area contributed by atoms with Gasteiger partial charge in [-0.15, -0.1) is 0 Å². The fraction of sp³-hybridized carbons (Fsp3) is 0.316. The molecule has 0 fully saturated rings. The summed E-state index contributed by atoms with van der Waals surface area (Å²) in [6.45, 7) is 2.51. The van der Waals surface area contributed by atoms with Gasteiger partial charge in [0.2, 0.25) is 0 Å². The van der Waals surface area contributed by atoms with Crippen molar-refractivity contribution in [1.29, 1.82) is 0 Å². The molecule has 3 nitrogen and oxygen atoms in total. The first kappa shape index (κ1) is 18.6. The molecule has 0 unspecified atom stereocenters. The highest BCUT2D eigenvalue weighted by molar-refractivity contribution is 6.31. The average molecular weight is 366 g/mol. The normalized spacial score (nSPS) is 11.8. The van der Waals surface area contributed by atoms with Gasteiger partial charge in [-0.2, -0.15) is 0 Å². The van der Waals surface area contributed by atoms with E-state index < -0.39 is 6.10 Å². The Balaban J connectivity index is 1.77. The Hall–Kier alpha value is -1.71. The van der Waals surface area contributed by atoms with Crippen LogP contribution >= 0.6 is 23.2 Å². The van der Waals surface area contributed by atoms with Crippen molar-refractivity contribution < 1.29 is 9.53 Å². The van der Waals surface area contributed by atoms with E-state index in [0.29, 0.717) is 23.7 Å². The lowest BCUT2D eigenvalue weighted by atomic mass is 10.1. The van der Waals surface area contributed by atoms with Crippen molar-refractivity contribution in [2.75, 3.05) is 6.54 Å². The molecule has 0 aliphatic heterocycles. The monoisotopic (exact) mass is 365 g/mol. The Labute approximate surface area is 152 Å². The summed E-state index contributed by atoms with van der Waals surface area (Å²) < 4.78 is 5.72. The molecule has 1 atom stereocenters. The topological polar surface area (TPSA) is 38.3 Å². The van der Waals surface area contributed by atoms with Crippen molar-refractivity contribution in [3.05, 3.63) is 64.1 Å². The van der Waals surface area contributed by atoms with Crippen LogP contribution in [0.5, 0.6) is 5.75 Å². The van der Waals surface area contributed by atoms with Gasteiger partial charge in [0.05, 0.1) is 0 Å². The van der Waals surface area contributed by atoms with Crippen LogP contribution in [0.2, 0.25) is 10.0 Å². The van der Waals surface area contributed by atoms with Crippen molar-refractivity contribution >= 4 is 29.1 Å². The molecule has 0 aliphatic carbocycles. The van der Waals surface area contributed by atoms with Gasteiger partial charge in [0.15, 0.2) is 6.10 Å². The van der Waals surface area contributed by atoms with Crippen molar-refractivity contribution in [3.63, 3.8) is 0 Å². The van der Waals surface area contributed by atoms with Gasteiger partial charge in [-0.05, 0) is 55.2 Å². The lowest BCUT2D eigenvalue weighted by Crippen LogP contribution is -2.38. The summed E-state index contributed by atoms with van der Waals surface area (Å²) in [5.74, 6) is 0.532. The van der Waals surface area contributed by atoms with Crippen LogP contribution in [-0.4, -0.2) is 18.6 Å². The van der Waals surface area contributed by atoms with Gasteiger partial charge in [-0.25, -0.2) is 0 Å². The highest BCUT2D eigenvalue weighted by Crippen LogP contribution is 2.18. The average Bonchev–Trinajstić information content (AvgIpc) is 2.59. The van der Waals surface area contributed by atoms with Gasteiger partial charge in [-0.1, -0.05) is 48.3 Å². The minimum atomic E-state index is -0.508. The Morgan fingerprint density at radius 2 is 1.83 bits per heavy atom. The van der Waals surface area contributed by atoms with E-state index in [0.717, 1.165) is 23.4 Å². The summed E-state index contributed by atoms with van der Waals surface area (Å²) in [6.07, 6.45) is 1.74. The molecular formula is C19H21Cl2NO2. The number of benzene rings is 2. The van der Waals surface area contributed by atoms with E-state index >= 15 is 0 Å². The van der Waals surface area contributed by atoms with E-state index in [-0.39, 0.29) is 5.91 Å². The number of hydrogen-bond donors (Lipinski definition) is 1. The number of nitrogens with one attached hydrogen (secondary N) is 1. The third kappa shape index (κ3) is 5.73. The largest absolute Gasteiger partial charge is 0.481 e. The van der Waals surface area contributed by atoms with Crippen LogP contribution in [0.25, 0.3) is 0 Å². The van der Waals surface area contributed by atoms with Crippen LogP contribution in [-0.2, 0) is 11.2 Å². The molecule has 0 bridgehead atoms. The van der Waals surface area contributed by atoms with Crippen LogP contribution < -0.4 is 10.1 Å². The molecule has 0 spiro atoms. The summed E-state index contributed by atoms with van der Waals surface area (Å²) in [5, 5.41) is 4.33. The Kier molecular flexibility index (Phi) is 7.41. The van der Waals surface area contributed by atoms with Crippen LogP contribution in [0.1, 0.15) is 25.3 Å². The first-order valence-electron chi connectivity index (χ1n) is 8.03. The van der Waals surface area contributed by atoms with Crippen LogP contribution in [0.3, 0.4) is 0 Å². The van der Waals surface area contributed by atoms with Gasteiger partial charge in [-0.3, -0.25) is 4.79 Å². The SMILES string of the molecule is CC[C@H](Oc1ccc(Cl)cc1)C(=O)NCCCc1ccccc1Cl. The van der Waals surface area contributed by atoms with Gasteiger partial charge < -0.3 is 10.1 Å². The van der Waals surface area contributed by atoms with E-state index in [1.807, 2.05) is 31.2 Å². The van der Waals surface area contributed by atoms with E-state index in [2.05, 4.69) is 5.32 Å². The molecular weight excluding hydrogens is 345 g/mol. The van der Waals surface area contributed by atoms with Crippen molar-refractivity contribution in [2.45, 2.75) is 32.3 Å². The first-order valence-corrected chi connectivity index (χ1v) is 8.79. The van der Waals surface area contributed by atoms with Crippen LogP contribution in [0, 0.1) is 0 Å². The maximum absolute atomic E-state index is 12.2. The molecule has 0 saturated carbocycles. The number of aryl methyl sites for hydroxylation is 1. The molecule has 0 aliphatic rings. The smallest absolute Gasteiger partial charge is 0.261 e. The molecule has 128 valence electrons. The van der Waals surface area contributed by atoms with Gasteiger partial charge in [0, 0.05) is 16.6 Å². The molecule has 1 amide bonds.